The highest BCUT2D eigenvalue weighted by Crippen LogP contribution is 2.51. The quantitative estimate of drug-likeness (QED) is 0.345. The summed E-state index contributed by atoms with van der Waals surface area (Å²) in [4.78, 5) is 4.47. The second-order valence-corrected chi connectivity index (χ2v) is 9.20. The summed E-state index contributed by atoms with van der Waals surface area (Å²) in [5.41, 5.74) is 4.94. The number of anilines is 1. The molecule has 3 aromatic carbocycles. The van der Waals surface area contributed by atoms with Crippen molar-refractivity contribution in [3.05, 3.63) is 105 Å². The van der Waals surface area contributed by atoms with Crippen LogP contribution in [0, 0.1) is 0 Å². The molecular formula is C25H18BrClN4O2. The van der Waals surface area contributed by atoms with E-state index >= 15 is 0 Å². The molecule has 0 radical (unpaired) electrons. The zero-order valence-electron chi connectivity index (χ0n) is 17.5. The molecule has 0 fully saturated rings. The van der Waals surface area contributed by atoms with Crippen LogP contribution in [0.3, 0.4) is 0 Å². The topological polar surface area (TPSA) is 61.2 Å². The van der Waals surface area contributed by atoms with Gasteiger partial charge in [-0.1, -0.05) is 51.8 Å². The van der Waals surface area contributed by atoms with Crippen LogP contribution in [0.5, 0.6) is 11.5 Å². The summed E-state index contributed by atoms with van der Waals surface area (Å²) in [5, 5.41) is 8.69. The van der Waals surface area contributed by atoms with Crippen molar-refractivity contribution in [3.8, 4) is 11.5 Å². The number of methoxy groups -OCH3 is 1. The molecule has 2 aliphatic rings. The number of ether oxygens (including phenoxy) is 2. The van der Waals surface area contributed by atoms with E-state index in [0.29, 0.717) is 11.0 Å². The van der Waals surface area contributed by atoms with Gasteiger partial charge in [-0.2, -0.15) is 10.1 Å². The van der Waals surface area contributed by atoms with E-state index in [0.717, 1.165) is 43.9 Å². The van der Waals surface area contributed by atoms with Crippen LogP contribution in [0.1, 0.15) is 28.8 Å². The van der Waals surface area contributed by atoms with Crippen molar-refractivity contribution in [2.45, 2.75) is 12.1 Å². The minimum absolute atomic E-state index is 0.235. The lowest BCUT2D eigenvalue weighted by atomic mass is 9.84. The van der Waals surface area contributed by atoms with E-state index in [1.54, 1.807) is 13.4 Å². The fraction of sp³-hybridized carbons (Fsp3) is 0.120. The lowest BCUT2D eigenvalue weighted by Gasteiger charge is -2.39. The molecule has 0 saturated carbocycles. The Bertz CT molecular complexity index is 1400. The van der Waals surface area contributed by atoms with Gasteiger partial charge in [0.05, 0.1) is 12.8 Å². The first-order chi connectivity index (χ1) is 16.1. The highest BCUT2D eigenvalue weighted by atomic mass is 79.9. The molecule has 1 N–H and O–H groups in total. The Balaban J connectivity index is 1.62. The van der Waals surface area contributed by atoms with Crippen LogP contribution in [-0.4, -0.2) is 21.9 Å². The van der Waals surface area contributed by atoms with Crippen LogP contribution in [0.2, 0.25) is 5.02 Å². The monoisotopic (exact) mass is 520 g/mol. The van der Waals surface area contributed by atoms with Gasteiger partial charge in [0, 0.05) is 20.6 Å². The van der Waals surface area contributed by atoms with E-state index in [1.165, 1.54) is 0 Å². The zero-order valence-corrected chi connectivity index (χ0v) is 19.8. The van der Waals surface area contributed by atoms with Crippen LogP contribution in [0.25, 0.3) is 5.70 Å². The molecule has 164 valence electrons. The third-order valence-electron chi connectivity index (χ3n) is 5.96. The van der Waals surface area contributed by atoms with Crippen LogP contribution in [0.15, 0.2) is 83.1 Å². The highest BCUT2D eigenvalue weighted by Gasteiger charge is 2.41. The number of nitrogens with one attached hydrogen (secondary N) is 1. The van der Waals surface area contributed by atoms with Gasteiger partial charge in [0.2, 0.25) is 5.95 Å². The summed E-state index contributed by atoms with van der Waals surface area (Å²) in [6.45, 7) is 0. The normalized spacial score (nSPS) is 18.5. The number of benzene rings is 3. The van der Waals surface area contributed by atoms with Crippen molar-refractivity contribution in [2.24, 2.45) is 0 Å². The van der Waals surface area contributed by atoms with Crippen molar-refractivity contribution in [1.29, 1.82) is 0 Å². The SMILES string of the molecule is COc1ccc([C@H]2C3=C(Nc4ncnn42)c2cc(Cl)ccc2O[C@H]3c2cccc(Br)c2)cc1. The Labute approximate surface area is 204 Å². The number of fused-ring (bicyclic) bond motifs is 3. The van der Waals surface area contributed by atoms with Crippen molar-refractivity contribution in [2.75, 3.05) is 12.4 Å². The number of rotatable bonds is 3. The first-order valence-electron chi connectivity index (χ1n) is 10.4. The van der Waals surface area contributed by atoms with Crippen molar-refractivity contribution < 1.29 is 9.47 Å². The molecule has 0 aliphatic carbocycles. The third-order valence-corrected chi connectivity index (χ3v) is 6.69. The molecule has 6 nitrogen and oxygen atoms in total. The average Bonchev–Trinajstić information content (AvgIpc) is 3.31. The van der Waals surface area contributed by atoms with Crippen molar-refractivity contribution >= 4 is 39.2 Å². The summed E-state index contributed by atoms with van der Waals surface area (Å²) in [5.74, 6) is 2.22. The Morgan fingerprint density at radius 1 is 1.06 bits per heavy atom. The zero-order chi connectivity index (χ0) is 22.5. The minimum Gasteiger partial charge on any atom is -0.497 e. The molecular weight excluding hydrogens is 504 g/mol. The van der Waals surface area contributed by atoms with Gasteiger partial charge in [-0.05, 0) is 53.6 Å². The number of aromatic nitrogens is 3. The van der Waals surface area contributed by atoms with Crippen molar-refractivity contribution in [1.82, 2.24) is 14.8 Å². The van der Waals surface area contributed by atoms with Gasteiger partial charge in [-0.3, -0.25) is 0 Å². The summed E-state index contributed by atoms with van der Waals surface area (Å²) < 4.78 is 14.9. The first-order valence-corrected chi connectivity index (χ1v) is 11.6. The van der Waals surface area contributed by atoms with Crippen molar-refractivity contribution in [3.63, 3.8) is 0 Å². The lowest BCUT2D eigenvalue weighted by Crippen LogP contribution is -2.32. The maximum Gasteiger partial charge on any atom is 0.226 e. The van der Waals surface area contributed by atoms with Gasteiger partial charge < -0.3 is 14.8 Å². The molecule has 0 unspecified atom stereocenters. The highest BCUT2D eigenvalue weighted by molar-refractivity contribution is 9.10. The fourth-order valence-corrected chi connectivity index (χ4v) is 5.08. The number of hydrogen-bond acceptors (Lipinski definition) is 5. The van der Waals surface area contributed by atoms with E-state index in [9.17, 15) is 0 Å². The molecule has 1 aromatic heterocycles. The molecule has 4 aromatic rings. The first kappa shape index (κ1) is 20.3. The minimum atomic E-state index is -0.344. The molecule has 0 bridgehead atoms. The van der Waals surface area contributed by atoms with Gasteiger partial charge in [0.15, 0.2) is 0 Å². The Morgan fingerprint density at radius 3 is 2.70 bits per heavy atom. The number of nitrogens with zero attached hydrogens (tertiary/aromatic N) is 3. The Hall–Kier alpha value is -3.29. The van der Waals surface area contributed by atoms with E-state index in [2.05, 4.69) is 55.6 Å². The van der Waals surface area contributed by atoms with Crippen LogP contribution >= 0.6 is 27.5 Å². The predicted molar refractivity (Wildman–Crippen MR) is 131 cm³/mol. The van der Waals surface area contributed by atoms with Gasteiger partial charge in [0.1, 0.15) is 30.0 Å². The third kappa shape index (κ3) is 3.39. The largest absolute Gasteiger partial charge is 0.497 e. The number of halogens is 2. The molecule has 2 atom stereocenters. The van der Waals surface area contributed by atoms with E-state index < -0.39 is 0 Å². The molecule has 6 rings (SSSR count). The molecule has 2 aliphatic heterocycles. The summed E-state index contributed by atoms with van der Waals surface area (Å²) in [7, 11) is 1.66. The molecule has 33 heavy (non-hydrogen) atoms. The maximum absolute atomic E-state index is 6.62. The van der Waals surface area contributed by atoms with Crippen LogP contribution in [0.4, 0.5) is 5.95 Å². The van der Waals surface area contributed by atoms with Gasteiger partial charge >= 0.3 is 0 Å². The molecule has 3 heterocycles. The number of hydrogen-bond donors (Lipinski definition) is 1. The van der Waals surface area contributed by atoms with E-state index in [-0.39, 0.29) is 12.1 Å². The molecule has 0 saturated heterocycles. The predicted octanol–water partition coefficient (Wildman–Crippen LogP) is 6.26. The summed E-state index contributed by atoms with van der Waals surface area (Å²) >= 11 is 10.00. The van der Waals surface area contributed by atoms with Gasteiger partial charge in [0.25, 0.3) is 0 Å². The van der Waals surface area contributed by atoms with Gasteiger partial charge in [-0.15, -0.1) is 0 Å². The average molecular weight is 522 g/mol. The smallest absolute Gasteiger partial charge is 0.226 e. The molecule has 0 spiro atoms. The van der Waals surface area contributed by atoms with E-state index in [4.69, 9.17) is 21.1 Å². The maximum atomic E-state index is 6.62. The Morgan fingerprint density at radius 2 is 1.91 bits per heavy atom. The standard InChI is InChI=1S/C25H18BrClN4O2/c1-32-18-8-5-14(6-9-18)23-21-22(30-25-28-13-29-31(23)25)19-12-17(27)7-10-20(19)33-24(21)15-3-2-4-16(26)11-15/h2-13,23-24H,1H3,(H,28,29,30)/t23-,24-/m0/s1. The fourth-order valence-electron chi connectivity index (χ4n) is 4.49. The summed E-state index contributed by atoms with van der Waals surface area (Å²) in [6.07, 6.45) is 1.22. The second kappa shape index (κ2) is 7.93. The molecule has 8 heteroatoms. The van der Waals surface area contributed by atoms with Crippen LogP contribution in [-0.2, 0) is 0 Å². The molecule has 0 amide bonds. The second-order valence-electron chi connectivity index (χ2n) is 7.85. The summed E-state index contributed by atoms with van der Waals surface area (Å²) in [6, 6.07) is 21.6. The lowest BCUT2D eigenvalue weighted by molar-refractivity contribution is 0.223. The Kier molecular flexibility index (Phi) is 4.89. The van der Waals surface area contributed by atoms with Crippen LogP contribution < -0.4 is 14.8 Å². The van der Waals surface area contributed by atoms with E-state index in [1.807, 2.05) is 47.1 Å². The van der Waals surface area contributed by atoms with Gasteiger partial charge in [-0.25, -0.2) is 4.68 Å².